The van der Waals surface area contributed by atoms with Crippen LogP contribution in [0.1, 0.15) is 13.9 Å². The number of aliphatic hydroxyl groups is 1. The molecular formula is C12H8F4O4. The summed E-state index contributed by atoms with van der Waals surface area (Å²) in [4.78, 5) is 10.9. The van der Waals surface area contributed by atoms with Crippen LogP contribution in [0.3, 0.4) is 0 Å². The zero-order valence-corrected chi connectivity index (χ0v) is 9.53. The van der Waals surface area contributed by atoms with Gasteiger partial charge in [-0.2, -0.15) is 13.2 Å². The summed E-state index contributed by atoms with van der Waals surface area (Å²) in [6, 6.07) is 1.16. The van der Waals surface area contributed by atoms with Gasteiger partial charge < -0.3 is 14.9 Å². The van der Waals surface area contributed by atoms with Crippen molar-refractivity contribution in [3.8, 4) is 5.75 Å². The maximum absolute atomic E-state index is 13.4. The highest BCUT2D eigenvalue weighted by atomic mass is 19.4. The number of carbonyl (C=O) groups is 1. The molecule has 2 rings (SSSR count). The van der Waals surface area contributed by atoms with E-state index in [4.69, 9.17) is 7.85 Å². The van der Waals surface area contributed by atoms with E-state index in [2.05, 4.69) is 4.74 Å². The molecule has 0 fully saturated rings. The smallest absolute Gasteiger partial charge is 0.430 e. The molecule has 0 radical (unpaired) electrons. The van der Waals surface area contributed by atoms with Crippen LogP contribution in [0.25, 0.3) is 6.08 Å². The first-order valence-electron chi connectivity index (χ1n) is 6.16. The standard InChI is InChI=1S/C12H8F4O4/c13-7-1-5-3-8(11(18)19)10(12(14,15)16)20-9(5)6(2-7)4-17/h1-3,10,17H,4H2,(H,18,19)/t10-/m0/s1/i4D2. The maximum atomic E-state index is 13.4. The monoisotopic (exact) mass is 294 g/mol. The van der Waals surface area contributed by atoms with E-state index in [0.717, 1.165) is 0 Å². The second kappa shape index (κ2) is 4.78. The van der Waals surface area contributed by atoms with Crippen molar-refractivity contribution in [3.63, 3.8) is 0 Å². The Morgan fingerprint density at radius 1 is 1.45 bits per heavy atom. The molecule has 1 aromatic carbocycles. The lowest BCUT2D eigenvalue weighted by Gasteiger charge is -2.28. The SMILES string of the molecule is [2H]C([2H])(O)c1cc(F)cc2c1O[C@H](C(F)(F)F)C(C(=O)O)=C2. The van der Waals surface area contributed by atoms with E-state index in [1.54, 1.807) is 0 Å². The van der Waals surface area contributed by atoms with Crippen LogP contribution in [0, 0.1) is 5.82 Å². The van der Waals surface area contributed by atoms with Crippen molar-refractivity contribution in [3.05, 3.63) is 34.6 Å². The molecule has 1 heterocycles. The fourth-order valence-corrected chi connectivity index (χ4v) is 1.78. The first-order valence-corrected chi connectivity index (χ1v) is 5.16. The number of ether oxygens (including phenoxy) is 1. The topological polar surface area (TPSA) is 66.8 Å². The van der Waals surface area contributed by atoms with Crippen LogP contribution in [0.4, 0.5) is 17.6 Å². The summed E-state index contributed by atoms with van der Waals surface area (Å²) < 4.78 is 70.9. The van der Waals surface area contributed by atoms with Crippen molar-refractivity contribution in [1.29, 1.82) is 0 Å². The summed E-state index contributed by atoms with van der Waals surface area (Å²) in [5.74, 6) is -3.74. The van der Waals surface area contributed by atoms with Crippen molar-refractivity contribution in [1.82, 2.24) is 0 Å². The minimum absolute atomic E-state index is 0.411. The zero-order chi connectivity index (χ0) is 16.9. The van der Waals surface area contributed by atoms with Crippen LogP contribution in [0.5, 0.6) is 5.75 Å². The lowest BCUT2D eigenvalue weighted by Crippen LogP contribution is -2.40. The van der Waals surface area contributed by atoms with Gasteiger partial charge in [-0.3, -0.25) is 0 Å². The predicted octanol–water partition coefficient (Wildman–Crippen LogP) is 2.11. The lowest BCUT2D eigenvalue weighted by molar-refractivity contribution is -0.187. The van der Waals surface area contributed by atoms with Gasteiger partial charge in [0, 0.05) is 11.1 Å². The molecule has 4 nitrogen and oxygen atoms in total. The number of benzene rings is 1. The number of hydrogen-bond donors (Lipinski definition) is 2. The number of aliphatic carboxylic acids is 1. The van der Waals surface area contributed by atoms with Crippen molar-refractivity contribution in [2.24, 2.45) is 0 Å². The number of carboxylic acid groups (broad SMARTS) is 1. The lowest BCUT2D eigenvalue weighted by atomic mass is 9.99. The summed E-state index contributed by atoms with van der Waals surface area (Å²) in [7, 11) is 0. The van der Waals surface area contributed by atoms with Gasteiger partial charge >= 0.3 is 12.1 Å². The Kier molecular flexibility index (Phi) is 2.80. The highest BCUT2D eigenvalue weighted by Crippen LogP contribution is 2.39. The van der Waals surface area contributed by atoms with Crippen molar-refractivity contribution in [2.75, 3.05) is 0 Å². The molecule has 0 unspecified atom stereocenters. The minimum Gasteiger partial charge on any atom is -0.478 e. The Labute approximate surface area is 112 Å². The molecule has 1 aromatic rings. The summed E-state index contributed by atoms with van der Waals surface area (Å²) in [5, 5.41) is 18.1. The average molecular weight is 294 g/mol. The van der Waals surface area contributed by atoms with Crippen LogP contribution < -0.4 is 4.74 Å². The van der Waals surface area contributed by atoms with Crippen LogP contribution in [0.15, 0.2) is 17.7 Å². The van der Waals surface area contributed by atoms with Crippen molar-refractivity contribution < 1.29 is 40.0 Å². The molecular weight excluding hydrogens is 284 g/mol. The van der Waals surface area contributed by atoms with E-state index in [1.807, 2.05) is 0 Å². The highest BCUT2D eigenvalue weighted by Gasteiger charge is 2.48. The Balaban J connectivity index is 2.71. The molecule has 0 spiro atoms. The first-order chi connectivity index (χ1) is 9.91. The third-order valence-corrected chi connectivity index (χ3v) is 2.58. The third kappa shape index (κ3) is 2.46. The van der Waals surface area contributed by atoms with E-state index >= 15 is 0 Å². The number of hydrogen-bond acceptors (Lipinski definition) is 3. The largest absolute Gasteiger partial charge is 0.478 e. The molecule has 2 N–H and O–H groups in total. The summed E-state index contributed by atoms with van der Waals surface area (Å²) in [6.45, 7) is -3.17. The molecule has 0 bridgehead atoms. The van der Waals surface area contributed by atoms with Gasteiger partial charge in [-0.1, -0.05) is 0 Å². The first kappa shape index (κ1) is 11.7. The highest BCUT2D eigenvalue weighted by molar-refractivity contribution is 5.95. The zero-order valence-electron chi connectivity index (χ0n) is 11.5. The Morgan fingerprint density at radius 2 is 2.10 bits per heavy atom. The van der Waals surface area contributed by atoms with E-state index in [9.17, 15) is 27.5 Å². The Hall–Kier alpha value is -2.09. The molecule has 0 saturated heterocycles. The van der Waals surface area contributed by atoms with Gasteiger partial charge in [0.2, 0.25) is 6.10 Å². The Bertz CT molecular complexity index is 664. The predicted molar refractivity (Wildman–Crippen MR) is 58.4 cm³/mol. The molecule has 8 heteroatoms. The van der Waals surface area contributed by atoms with Crippen LogP contribution in [0.2, 0.25) is 0 Å². The number of carboxylic acids is 1. The summed E-state index contributed by atoms with van der Waals surface area (Å²) >= 11 is 0. The van der Waals surface area contributed by atoms with Crippen molar-refractivity contribution in [2.45, 2.75) is 18.8 Å². The minimum atomic E-state index is -5.09. The van der Waals surface area contributed by atoms with Crippen LogP contribution in [-0.2, 0) is 11.4 Å². The van der Waals surface area contributed by atoms with Crippen LogP contribution >= 0.6 is 0 Å². The molecule has 0 amide bonds. The van der Waals surface area contributed by atoms with Gasteiger partial charge in [0.1, 0.15) is 11.6 Å². The fraction of sp³-hybridized carbons (Fsp3) is 0.250. The van der Waals surface area contributed by atoms with E-state index < -0.39 is 53.1 Å². The third-order valence-electron chi connectivity index (χ3n) is 2.58. The van der Waals surface area contributed by atoms with E-state index in [0.29, 0.717) is 18.2 Å². The number of rotatable bonds is 2. The van der Waals surface area contributed by atoms with Gasteiger partial charge in [-0.05, 0) is 18.2 Å². The van der Waals surface area contributed by atoms with Gasteiger partial charge in [0.25, 0.3) is 0 Å². The fourth-order valence-electron chi connectivity index (χ4n) is 1.78. The number of fused-ring (bicyclic) bond motifs is 1. The van der Waals surface area contributed by atoms with Gasteiger partial charge in [0.05, 0.1) is 14.9 Å². The van der Waals surface area contributed by atoms with E-state index in [-0.39, 0.29) is 0 Å². The van der Waals surface area contributed by atoms with Crippen molar-refractivity contribution >= 4 is 12.0 Å². The molecule has 1 aliphatic heterocycles. The summed E-state index contributed by atoms with van der Waals surface area (Å²) in [5.41, 5.74) is -2.45. The normalized spacial score (nSPS) is 20.2. The Morgan fingerprint density at radius 3 is 2.60 bits per heavy atom. The van der Waals surface area contributed by atoms with Gasteiger partial charge in [-0.15, -0.1) is 0 Å². The van der Waals surface area contributed by atoms with E-state index in [1.165, 1.54) is 0 Å². The van der Waals surface area contributed by atoms with Gasteiger partial charge in [-0.25, -0.2) is 9.18 Å². The molecule has 1 aliphatic rings. The average Bonchev–Trinajstić information content (AvgIpc) is 2.33. The second-order valence-corrected chi connectivity index (χ2v) is 3.93. The maximum Gasteiger partial charge on any atom is 0.430 e. The number of alkyl halides is 3. The molecule has 0 aromatic heterocycles. The van der Waals surface area contributed by atoms with Crippen LogP contribution in [-0.4, -0.2) is 28.5 Å². The second-order valence-electron chi connectivity index (χ2n) is 3.93. The molecule has 0 aliphatic carbocycles. The molecule has 1 atom stereocenters. The molecule has 0 saturated carbocycles. The molecule has 20 heavy (non-hydrogen) atoms. The quantitative estimate of drug-likeness (QED) is 0.820. The van der Waals surface area contributed by atoms with Gasteiger partial charge in [0.15, 0.2) is 0 Å². The number of halogens is 4. The summed E-state index contributed by atoms with van der Waals surface area (Å²) in [6.07, 6.45) is -7.41. The molecule has 108 valence electrons.